The van der Waals surface area contributed by atoms with E-state index in [9.17, 15) is 4.79 Å². The third-order valence-electron chi connectivity index (χ3n) is 9.79. The average Bonchev–Trinajstić information content (AvgIpc) is 3.18. The molecule has 0 bridgehead atoms. The predicted molar refractivity (Wildman–Crippen MR) is 243 cm³/mol. The molecule has 0 radical (unpaired) electrons. The van der Waals surface area contributed by atoms with Crippen LogP contribution in [0.4, 0.5) is 0 Å². The molecule has 1 amide bonds. The van der Waals surface area contributed by atoms with Crippen molar-refractivity contribution in [2.75, 3.05) is 37.8 Å². The van der Waals surface area contributed by atoms with Crippen molar-refractivity contribution >= 4 is 27.5 Å². The highest BCUT2D eigenvalue weighted by atomic mass is 33.1. The molecule has 0 aromatic heterocycles. The molecule has 0 saturated heterocycles. The number of amides is 1. The normalized spacial score (nSPS) is 11.6. The first kappa shape index (κ1) is 50.4. The van der Waals surface area contributed by atoms with Gasteiger partial charge in [0.25, 0.3) is 5.91 Å². The number of nitrogens with two attached hydrogens (primary N) is 1. The third-order valence-corrected chi connectivity index (χ3v) is 12.2. The molecule has 54 heavy (non-hydrogen) atoms. The Hall–Kier alpha value is -1.57. The zero-order chi connectivity index (χ0) is 38.8. The van der Waals surface area contributed by atoms with Gasteiger partial charge < -0.3 is 20.5 Å². The number of carbonyl (C=O) groups excluding carboxylic acids is 1. The highest BCUT2D eigenvalue weighted by molar-refractivity contribution is 8.76. The standard InChI is InChI=1S/C47H84N2O3S2/c1-3-5-7-9-11-13-15-17-19-21-23-25-27-29-31-33-39-51-45-36-35-44(47(50)49-38-42-54-53-41-37-48)43-46(45)52-40-34-32-30-28-26-24-22-20-18-16-14-12-10-8-6-4-2/h17-20,35-36,43H,3-16,21-34,37-42,48H2,1-2H3,(H,49,50)/b19-17-,20-18-. The summed E-state index contributed by atoms with van der Waals surface area (Å²) in [5.74, 6) is 3.15. The highest BCUT2D eigenvalue weighted by Gasteiger charge is 2.12. The molecule has 5 nitrogen and oxygen atoms in total. The molecule has 0 aliphatic rings. The zero-order valence-corrected chi connectivity index (χ0v) is 36.8. The fourth-order valence-corrected chi connectivity index (χ4v) is 8.18. The minimum absolute atomic E-state index is 0.0682. The van der Waals surface area contributed by atoms with Crippen LogP contribution in [0.2, 0.25) is 0 Å². The fraction of sp³-hybridized carbons (Fsp3) is 0.766. The van der Waals surface area contributed by atoms with E-state index >= 15 is 0 Å². The molecule has 3 N–H and O–H groups in total. The number of allylic oxidation sites excluding steroid dienone is 4. The minimum atomic E-state index is -0.0682. The Morgan fingerprint density at radius 2 is 0.963 bits per heavy atom. The molecule has 1 aromatic rings. The lowest BCUT2D eigenvalue weighted by Gasteiger charge is -2.14. The number of benzene rings is 1. The quantitative estimate of drug-likeness (QED) is 0.0391. The van der Waals surface area contributed by atoms with Crippen molar-refractivity contribution in [2.45, 2.75) is 194 Å². The Morgan fingerprint density at radius 3 is 1.43 bits per heavy atom. The Kier molecular flexibility index (Phi) is 38.4. The summed E-state index contributed by atoms with van der Waals surface area (Å²) in [6.45, 7) is 7.18. The van der Waals surface area contributed by atoms with Gasteiger partial charge in [0.1, 0.15) is 0 Å². The van der Waals surface area contributed by atoms with Crippen molar-refractivity contribution in [2.24, 2.45) is 5.73 Å². The largest absolute Gasteiger partial charge is 0.490 e. The molecular weight excluding hydrogens is 705 g/mol. The van der Waals surface area contributed by atoms with Crippen molar-refractivity contribution < 1.29 is 14.3 Å². The molecule has 0 spiro atoms. The van der Waals surface area contributed by atoms with E-state index in [1.807, 2.05) is 18.2 Å². The monoisotopic (exact) mass is 789 g/mol. The van der Waals surface area contributed by atoms with Gasteiger partial charge in [-0.05, 0) is 82.4 Å². The summed E-state index contributed by atoms with van der Waals surface area (Å²) < 4.78 is 12.5. The van der Waals surface area contributed by atoms with Gasteiger partial charge in [0.05, 0.1) is 13.2 Å². The first-order chi connectivity index (χ1) is 26.7. The summed E-state index contributed by atoms with van der Waals surface area (Å²) in [5.41, 5.74) is 6.19. The highest BCUT2D eigenvalue weighted by Crippen LogP contribution is 2.29. The SMILES string of the molecule is CCCCCCCC/C=C\CCCCCCCCOc1ccc(C(=O)NCCSSCCN)cc1OCCCCCCCC/C=C\CCCCCCCC. The third kappa shape index (κ3) is 32.7. The van der Waals surface area contributed by atoms with E-state index in [-0.39, 0.29) is 5.91 Å². The number of carbonyl (C=O) groups is 1. The summed E-state index contributed by atoms with van der Waals surface area (Å²) in [4.78, 5) is 12.9. The zero-order valence-electron chi connectivity index (χ0n) is 35.2. The van der Waals surface area contributed by atoms with Gasteiger partial charge in [-0.3, -0.25) is 4.79 Å². The van der Waals surface area contributed by atoms with Gasteiger partial charge in [0, 0.05) is 30.2 Å². The lowest BCUT2D eigenvalue weighted by Crippen LogP contribution is -2.25. The van der Waals surface area contributed by atoms with Gasteiger partial charge in [-0.15, -0.1) is 0 Å². The number of ether oxygens (including phenoxy) is 2. The van der Waals surface area contributed by atoms with Crippen LogP contribution in [0.3, 0.4) is 0 Å². The Bertz CT molecular complexity index is 1020. The van der Waals surface area contributed by atoms with Gasteiger partial charge in [0.2, 0.25) is 0 Å². The topological polar surface area (TPSA) is 73.6 Å². The summed E-state index contributed by atoms with van der Waals surface area (Å²) >= 11 is 0. The maximum atomic E-state index is 12.9. The number of nitrogens with one attached hydrogen (secondary N) is 1. The first-order valence-electron chi connectivity index (χ1n) is 22.6. The summed E-state index contributed by atoms with van der Waals surface area (Å²) in [6, 6.07) is 5.64. The first-order valence-corrected chi connectivity index (χ1v) is 25.1. The van der Waals surface area contributed by atoms with Crippen molar-refractivity contribution in [3.05, 3.63) is 48.1 Å². The van der Waals surface area contributed by atoms with Crippen LogP contribution in [0, 0.1) is 0 Å². The summed E-state index contributed by atoms with van der Waals surface area (Å²) in [7, 11) is 3.49. The molecule has 1 rings (SSSR count). The second-order valence-corrected chi connectivity index (χ2v) is 17.6. The minimum Gasteiger partial charge on any atom is -0.490 e. The Morgan fingerprint density at radius 1 is 0.556 bits per heavy atom. The van der Waals surface area contributed by atoms with Gasteiger partial charge in [-0.1, -0.05) is 175 Å². The molecule has 0 saturated carbocycles. The maximum absolute atomic E-state index is 12.9. The predicted octanol–water partition coefficient (Wildman–Crippen LogP) is 14.6. The number of hydrogen-bond donors (Lipinski definition) is 2. The lowest BCUT2D eigenvalue weighted by molar-refractivity contribution is 0.0955. The second kappa shape index (κ2) is 41.1. The van der Waals surface area contributed by atoms with E-state index in [1.54, 1.807) is 21.6 Å². The number of unbranched alkanes of at least 4 members (excludes halogenated alkanes) is 24. The van der Waals surface area contributed by atoms with E-state index in [1.165, 1.54) is 167 Å². The van der Waals surface area contributed by atoms with Gasteiger partial charge in [-0.25, -0.2) is 0 Å². The van der Waals surface area contributed by atoms with Crippen LogP contribution in [0.1, 0.15) is 204 Å². The van der Waals surface area contributed by atoms with Crippen molar-refractivity contribution in [3.8, 4) is 11.5 Å². The van der Waals surface area contributed by atoms with Crippen LogP contribution in [0.25, 0.3) is 0 Å². The second-order valence-electron chi connectivity index (χ2n) is 14.9. The molecule has 0 fully saturated rings. The van der Waals surface area contributed by atoms with Crippen LogP contribution in [-0.2, 0) is 0 Å². The van der Waals surface area contributed by atoms with E-state index in [2.05, 4.69) is 43.5 Å². The Balaban J connectivity index is 2.31. The summed E-state index contributed by atoms with van der Waals surface area (Å²) in [5, 5.41) is 3.04. The van der Waals surface area contributed by atoms with Gasteiger partial charge in [-0.2, -0.15) is 0 Å². The van der Waals surface area contributed by atoms with E-state index in [0.717, 1.165) is 30.1 Å². The van der Waals surface area contributed by atoms with E-state index in [0.29, 0.717) is 37.6 Å². The maximum Gasteiger partial charge on any atom is 0.251 e. The molecule has 0 aliphatic carbocycles. The van der Waals surface area contributed by atoms with Gasteiger partial charge >= 0.3 is 0 Å². The lowest BCUT2D eigenvalue weighted by atomic mass is 10.1. The molecule has 7 heteroatoms. The molecule has 1 aromatic carbocycles. The average molecular weight is 789 g/mol. The molecule has 0 aliphatic heterocycles. The van der Waals surface area contributed by atoms with Crippen LogP contribution in [0.15, 0.2) is 42.5 Å². The van der Waals surface area contributed by atoms with Crippen LogP contribution < -0.4 is 20.5 Å². The molecule has 0 unspecified atom stereocenters. The van der Waals surface area contributed by atoms with E-state index < -0.39 is 0 Å². The smallest absolute Gasteiger partial charge is 0.251 e. The van der Waals surface area contributed by atoms with Gasteiger partial charge in [0.15, 0.2) is 11.5 Å². The van der Waals surface area contributed by atoms with E-state index in [4.69, 9.17) is 15.2 Å². The van der Waals surface area contributed by atoms with Crippen LogP contribution >= 0.6 is 21.6 Å². The molecule has 0 atom stereocenters. The van der Waals surface area contributed by atoms with Crippen LogP contribution in [-0.4, -0.2) is 43.7 Å². The fourth-order valence-electron chi connectivity index (χ4n) is 6.42. The van der Waals surface area contributed by atoms with Crippen molar-refractivity contribution in [1.82, 2.24) is 5.32 Å². The molecule has 0 heterocycles. The number of rotatable bonds is 41. The molecular formula is C47H84N2O3S2. The molecule has 312 valence electrons. The van der Waals surface area contributed by atoms with Crippen molar-refractivity contribution in [1.29, 1.82) is 0 Å². The summed E-state index contributed by atoms with van der Waals surface area (Å²) in [6.07, 6.45) is 45.7. The number of hydrogen-bond acceptors (Lipinski definition) is 6. The van der Waals surface area contributed by atoms with Crippen LogP contribution in [0.5, 0.6) is 11.5 Å². The Labute approximate surface area is 342 Å². The van der Waals surface area contributed by atoms with Crippen molar-refractivity contribution in [3.63, 3.8) is 0 Å².